The number of halogens is 1. The van der Waals surface area contributed by atoms with Crippen molar-refractivity contribution in [2.75, 3.05) is 6.54 Å². The number of piperidine rings is 1. The van der Waals surface area contributed by atoms with Crippen molar-refractivity contribution in [3.05, 3.63) is 66.1 Å². The van der Waals surface area contributed by atoms with Gasteiger partial charge in [0.25, 0.3) is 0 Å². The first-order valence-electron chi connectivity index (χ1n) is 9.45. The Hall–Kier alpha value is -3.55. The van der Waals surface area contributed by atoms with E-state index in [9.17, 15) is 9.18 Å². The SMILES string of the molecule is O=C1CC[C@H](c2nc(-c3ccc4nc[nH]c4c3)no2)CN1Cc1ccccc1F. The second-order valence-electron chi connectivity index (χ2n) is 7.19. The van der Waals surface area contributed by atoms with Crippen molar-refractivity contribution in [2.24, 2.45) is 0 Å². The van der Waals surface area contributed by atoms with Gasteiger partial charge in [-0.3, -0.25) is 4.79 Å². The van der Waals surface area contributed by atoms with Gasteiger partial charge < -0.3 is 14.4 Å². The molecule has 0 unspecified atom stereocenters. The number of aromatic nitrogens is 4. The van der Waals surface area contributed by atoms with Crippen LogP contribution in [0.4, 0.5) is 4.39 Å². The Morgan fingerprint density at radius 3 is 3.03 bits per heavy atom. The molecule has 1 amide bonds. The molecule has 1 aliphatic heterocycles. The van der Waals surface area contributed by atoms with Crippen molar-refractivity contribution < 1.29 is 13.7 Å². The van der Waals surface area contributed by atoms with E-state index in [4.69, 9.17) is 4.52 Å². The van der Waals surface area contributed by atoms with E-state index in [2.05, 4.69) is 20.1 Å². The first-order valence-corrected chi connectivity index (χ1v) is 9.45. The van der Waals surface area contributed by atoms with Crippen molar-refractivity contribution in [3.63, 3.8) is 0 Å². The third-order valence-corrected chi connectivity index (χ3v) is 5.29. The Kier molecular flexibility index (Phi) is 4.31. The van der Waals surface area contributed by atoms with Crippen LogP contribution in [0, 0.1) is 5.82 Å². The van der Waals surface area contributed by atoms with E-state index >= 15 is 0 Å². The lowest BCUT2D eigenvalue weighted by molar-refractivity contribution is -0.134. The number of H-pyrrole nitrogens is 1. The molecule has 7 nitrogen and oxygen atoms in total. The highest BCUT2D eigenvalue weighted by Crippen LogP contribution is 2.29. The molecule has 5 rings (SSSR count). The summed E-state index contributed by atoms with van der Waals surface area (Å²) in [5.74, 6) is 0.618. The minimum absolute atomic E-state index is 0.00828. The summed E-state index contributed by atoms with van der Waals surface area (Å²) >= 11 is 0. The second kappa shape index (κ2) is 7.12. The summed E-state index contributed by atoms with van der Waals surface area (Å²) in [6.45, 7) is 0.661. The van der Waals surface area contributed by atoms with E-state index in [0.29, 0.717) is 36.7 Å². The van der Waals surface area contributed by atoms with Gasteiger partial charge >= 0.3 is 0 Å². The highest BCUT2D eigenvalue weighted by molar-refractivity contribution is 5.80. The number of imidazole rings is 1. The smallest absolute Gasteiger partial charge is 0.231 e. The maximum Gasteiger partial charge on any atom is 0.231 e. The average molecular weight is 391 g/mol. The summed E-state index contributed by atoms with van der Waals surface area (Å²) in [4.78, 5) is 25.8. The quantitative estimate of drug-likeness (QED) is 0.574. The zero-order valence-electron chi connectivity index (χ0n) is 15.5. The molecule has 8 heteroatoms. The molecular formula is C21H18FN5O2. The van der Waals surface area contributed by atoms with Crippen LogP contribution in [0.5, 0.6) is 0 Å². The number of rotatable bonds is 4. The molecule has 2 aromatic heterocycles. The Morgan fingerprint density at radius 1 is 1.24 bits per heavy atom. The molecule has 1 atom stereocenters. The van der Waals surface area contributed by atoms with E-state index in [1.54, 1.807) is 29.4 Å². The van der Waals surface area contributed by atoms with E-state index in [1.165, 1.54) is 6.07 Å². The lowest BCUT2D eigenvalue weighted by Crippen LogP contribution is -2.38. The molecular weight excluding hydrogens is 373 g/mol. The van der Waals surface area contributed by atoms with Gasteiger partial charge in [0.05, 0.1) is 23.3 Å². The van der Waals surface area contributed by atoms with Crippen LogP contribution >= 0.6 is 0 Å². The molecule has 1 N–H and O–H groups in total. The third kappa shape index (κ3) is 3.37. The van der Waals surface area contributed by atoms with Crippen LogP contribution in [-0.4, -0.2) is 37.5 Å². The van der Waals surface area contributed by atoms with Crippen LogP contribution in [0.3, 0.4) is 0 Å². The fourth-order valence-corrected chi connectivity index (χ4v) is 3.69. The molecule has 1 saturated heterocycles. The molecule has 0 saturated carbocycles. The second-order valence-corrected chi connectivity index (χ2v) is 7.19. The number of carbonyl (C=O) groups excluding carboxylic acids is 1. The first kappa shape index (κ1) is 17.5. The molecule has 1 aliphatic rings. The zero-order valence-corrected chi connectivity index (χ0v) is 15.5. The topological polar surface area (TPSA) is 87.9 Å². The molecule has 1 fully saturated rings. The van der Waals surface area contributed by atoms with Gasteiger partial charge in [-0.05, 0) is 30.7 Å². The van der Waals surface area contributed by atoms with Crippen molar-refractivity contribution >= 4 is 16.9 Å². The lowest BCUT2D eigenvalue weighted by atomic mass is 9.97. The van der Waals surface area contributed by atoms with Gasteiger partial charge in [-0.15, -0.1) is 0 Å². The van der Waals surface area contributed by atoms with Gasteiger partial charge in [0.1, 0.15) is 5.82 Å². The normalized spacial score (nSPS) is 17.2. The van der Waals surface area contributed by atoms with Gasteiger partial charge in [0, 0.05) is 30.6 Å². The molecule has 0 spiro atoms. The number of hydrogen-bond acceptors (Lipinski definition) is 5. The summed E-state index contributed by atoms with van der Waals surface area (Å²) in [6, 6.07) is 12.2. The maximum absolute atomic E-state index is 14.0. The summed E-state index contributed by atoms with van der Waals surface area (Å²) in [5, 5.41) is 4.11. The number of hydrogen-bond donors (Lipinski definition) is 1. The number of fused-ring (bicyclic) bond motifs is 1. The number of nitrogens with zero attached hydrogens (tertiary/aromatic N) is 4. The average Bonchev–Trinajstić information content (AvgIpc) is 3.40. The molecule has 146 valence electrons. The summed E-state index contributed by atoms with van der Waals surface area (Å²) in [5.41, 5.74) is 3.09. The number of nitrogens with one attached hydrogen (secondary N) is 1. The van der Waals surface area contributed by atoms with Crippen molar-refractivity contribution in [2.45, 2.75) is 25.3 Å². The third-order valence-electron chi connectivity index (χ3n) is 5.29. The van der Waals surface area contributed by atoms with Gasteiger partial charge in [0.2, 0.25) is 17.6 Å². The Bertz CT molecular complexity index is 1180. The van der Waals surface area contributed by atoms with Gasteiger partial charge in [-0.1, -0.05) is 23.4 Å². The summed E-state index contributed by atoms with van der Waals surface area (Å²) < 4.78 is 19.5. The standard InChI is InChI=1S/C21H18FN5O2/c22-16-4-2-1-3-14(16)10-27-11-15(6-8-19(27)28)21-25-20(26-29-21)13-5-7-17-18(9-13)24-12-23-17/h1-5,7,9,12,15H,6,8,10-11H2,(H,23,24)/t15-/m0/s1. The van der Waals surface area contributed by atoms with Crippen LogP contribution in [0.25, 0.3) is 22.4 Å². The van der Waals surface area contributed by atoms with Crippen LogP contribution < -0.4 is 0 Å². The first-order chi connectivity index (χ1) is 14.2. The Balaban J connectivity index is 1.35. The van der Waals surface area contributed by atoms with Crippen molar-refractivity contribution in [1.82, 2.24) is 25.0 Å². The molecule has 0 aliphatic carbocycles. The van der Waals surface area contributed by atoms with E-state index in [1.807, 2.05) is 18.2 Å². The van der Waals surface area contributed by atoms with E-state index < -0.39 is 0 Å². The van der Waals surface area contributed by atoms with E-state index in [-0.39, 0.29) is 24.2 Å². The van der Waals surface area contributed by atoms with Crippen LogP contribution in [-0.2, 0) is 11.3 Å². The molecule has 0 bridgehead atoms. The van der Waals surface area contributed by atoms with Gasteiger partial charge in [-0.25, -0.2) is 9.37 Å². The molecule has 2 aromatic carbocycles. The van der Waals surface area contributed by atoms with Crippen LogP contribution in [0.1, 0.15) is 30.2 Å². The van der Waals surface area contributed by atoms with Crippen molar-refractivity contribution in [1.29, 1.82) is 0 Å². The number of aromatic amines is 1. The molecule has 0 radical (unpaired) electrons. The summed E-state index contributed by atoms with van der Waals surface area (Å²) in [6.07, 6.45) is 2.64. The molecule has 4 aromatic rings. The number of amides is 1. The zero-order chi connectivity index (χ0) is 19.8. The fourth-order valence-electron chi connectivity index (χ4n) is 3.69. The minimum Gasteiger partial charge on any atom is -0.345 e. The maximum atomic E-state index is 14.0. The molecule has 3 heterocycles. The highest BCUT2D eigenvalue weighted by atomic mass is 19.1. The fraction of sp³-hybridized carbons (Fsp3) is 0.238. The van der Waals surface area contributed by atoms with Gasteiger partial charge in [-0.2, -0.15) is 4.98 Å². The number of benzene rings is 2. The Labute approximate surface area is 165 Å². The van der Waals surface area contributed by atoms with Crippen molar-refractivity contribution in [3.8, 4) is 11.4 Å². The Morgan fingerprint density at radius 2 is 2.14 bits per heavy atom. The predicted molar refractivity (Wildman–Crippen MR) is 103 cm³/mol. The monoisotopic (exact) mass is 391 g/mol. The van der Waals surface area contributed by atoms with Crippen LogP contribution in [0.15, 0.2) is 53.3 Å². The minimum atomic E-state index is -0.309. The van der Waals surface area contributed by atoms with Crippen LogP contribution in [0.2, 0.25) is 0 Å². The molecule has 29 heavy (non-hydrogen) atoms. The van der Waals surface area contributed by atoms with E-state index in [0.717, 1.165) is 16.6 Å². The van der Waals surface area contributed by atoms with Gasteiger partial charge in [0.15, 0.2) is 0 Å². The number of likely N-dealkylation sites (tertiary alicyclic amines) is 1. The number of carbonyl (C=O) groups is 1. The predicted octanol–water partition coefficient (Wildman–Crippen LogP) is 3.66. The summed E-state index contributed by atoms with van der Waals surface area (Å²) in [7, 11) is 0. The highest BCUT2D eigenvalue weighted by Gasteiger charge is 2.30. The largest absolute Gasteiger partial charge is 0.345 e. The lowest BCUT2D eigenvalue weighted by Gasteiger charge is -2.31.